The molecular weight excluding hydrogens is 276 g/mol. The first kappa shape index (κ1) is 15.1. The molecule has 0 bridgehead atoms. The third kappa shape index (κ3) is 2.91. The summed E-state index contributed by atoms with van der Waals surface area (Å²) in [5, 5.41) is 11.3. The summed E-state index contributed by atoms with van der Waals surface area (Å²) >= 11 is 0. The quantitative estimate of drug-likeness (QED) is 0.470. The molecule has 1 aliphatic heterocycles. The third-order valence-corrected chi connectivity index (χ3v) is 3.69. The van der Waals surface area contributed by atoms with Crippen molar-refractivity contribution in [3.05, 3.63) is 22.2 Å². The van der Waals surface area contributed by atoms with Gasteiger partial charge in [0.15, 0.2) is 11.5 Å². The van der Waals surface area contributed by atoms with Gasteiger partial charge in [-0.15, -0.1) is 0 Å². The summed E-state index contributed by atoms with van der Waals surface area (Å²) in [6, 6.07) is 2.57. The Bertz CT molecular complexity index is 546. The molecule has 1 unspecified atom stereocenters. The molecule has 0 N–H and O–H groups in total. The fourth-order valence-electron chi connectivity index (χ4n) is 2.63. The van der Waals surface area contributed by atoms with Gasteiger partial charge >= 0.3 is 0 Å². The number of hydrogen-bond acceptors (Lipinski definition) is 6. The molecule has 0 aromatic heterocycles. The lowest BCUT2D eigenvalue weighted by Gasteiger charge is -2.34. The van der Waals surface area contributed by atoms with E-state index in [1.807, 2.05) is 0 Å². The van der Waals surface area contributed by atoms with Crippen LogP contribution in [0.1, 0.15) is 19.3 Å². The number of nitro groups is 1. The van der Waals surface area contributed by atoms with Crippen LogP contribution in [0.25, 0.3) is 0 Å². The van der Waals surface area contributed by atoms with Crippen molar-refractivity contribution in [2.24, 2.45) is 0 Å². The topological polar surface area (TPSA) is 81.9 Å². The normalized spacial score (nSPS) is 18.2. The Morgan fingerprint density at radius 3 is 2.52 bits per heavy atom. The lowest BCUT2D eigenvalue weighted by Crippen LogP contribution is -2.40. The zero-order valence-corrected chi connectivity index (χ0v) is 12.1. The van der Waals surface area contributed by atoms with E-state index in [9.17, 15) is 14.9 Å². The van der Waals surface area contributed by atoms with E-state index >= 15 is 0 Å². The largest absolute Gasteiger partial charge is 0.493 e. The maximum Gasteiger partial charge on any atom is 0.296 e. The highest BCUT2D eigenvalue weighted by Crippen LogP contribution is 2.41. The van der Waals surface area contributed by atoms with Crippen LogP contribution in [-0.2, 0) is 4.79 Å². The van der Waals surface area contributed by atoms with E-state index in [0.717, 1.165) is 19.1 Å². The van der Waals surface area contributed by atoms with Crippen molar-refractivity contribution in [1.82, 2.24) is 0 Å². The third-order valence-electron chi connectivity index (χ3n) is 3.69. The molecule has 1 aliphatic rings. The lowest BCUT2D eigenvalue weighted by molar-refractivity contribution is -0.384. The minimum Gasteiger partial charge on any atom is -0.493 e. The average Bonchev–Trinajstić information content (AvgIpc) is 2.53. The van der Waals surface area contributed by atoms with Crippen molar-refractivity contribution < 1.29 is 19.2 Å². The number of nitrogens with zero attached hydrogens (tertiary/aromatic N) is 2. The van der Waals surface area contributed by atoms with Gasteiger partial charge in [0, 0.05) is 12.6 Å². The highest BCUT2D eigenvalue weighted by molar-refractivity contribution is 5.75. The molecule has 0 amide bonds. The van der Waals surface area contributed by atoms with Crippen LogP contribution in [0, 0.1) is 10.1 Å². The molecule has 0 spiro atoms. The van der Waals surface area contributed by atoms with Crippen LogP contribution < -0.4 is 14.4 Å². The van der Waals surface area contributed by atoms with E-state index in [4.69, 9.17) is 9.47 Å². The molecule has 1 fully saturated rings. The monoisotopic (exact) mass is 294 g/mol. The van der Waals surface area contributed by atoms with Crippen LogP contribution in [0.15, 0.2) is 12.1 Å². The standard InChI is InChI=1S/C14H18N2O5/c1-20-13-7-11(12(16(18)19)8-14(13)21-2)15-6-4-3-5-10(15)9-17/h7-10H,3-6H2,1-2H3. The Balaban J connectivity index is 2.54. The van der Waals surface area contributed by atoms with Gasteiger partial charge in [0.05, 0.1) is 31.3 Å². The average molecular weight is 294 g/mol. The molecule has 1 atom stereocenters. The number of ether oxygens (including phenoxy) is 2. The minimum atomic E-state index is -0.465. The van der Waals surface area contributed by atoms with Crippen molar-refractivity contribution in [3.8, 4) is 11.5 Å². The summed E-state index contributed by atoms with van der Waals surface area (Å²) in [4.78, 5) is 23.9. The molecule has 7 heteroatoms. The molecule has 0 aliphatic carbocycles. The van der Waals surface area contributed by atoms with E-state index < -0.39 is 4.92 Å². The predicted octanol–water partition coefficient (Wildman–Crippen LogP) is 2.17. The minimum absolute atomic E-state index is 0.0820. The maximum atomic E-state index is 11.3. The highest BCUT2D eigenvalue weighted by Gasteiger charge is 2.29. The smallest absolute Gasteiger partial charge is 0.296 e. The lowest BCUT2D eigenvalue weighted by atomic mass is 10.0. The van der Waals surface area contributed by atoms with Gasteiger partial charge < -0.3 is 19.2 Å². The van der Waals surface area contributed by atoms with Gasteiger partial charge in [0.25, 0.3) is 5.69 Å². The summed E-state index contributed by atoms with van der Waals surface area (Å²) in [6.45, 7) is 0.611. The zero-order chi connectivity index (χ0) is 15.4. The number of piperidine rings is 1. The molecule has 1 aromatic rings. The molecule has 1 aromatic carbocycles. The number of benzene rings is 1. The Morgan fingerprint density at radius 1 is 1.29 bits per heavy atom. The van der Waals surface area contributed by atoms with Crippen molar-refractivity contribution in [2.45, 2.75) is 25.3 Å². The fourth-order valence-corrected chi connectivity index (χ4v) is 2.63. The van der Waals surface area contributed by atoms with E-state index in [-0.39, 0.29) is 11.7 Å². The fraction of sp³-hybridized carbons (Fsp3) is 0.500. The number of aldehydes is 1. The Morgan fingerprint density at radius 2 is 1.95 bits per heavy atom. The molecule has 114 valence electrons. The Hall–Kier alpha value is -2.31. The van der Waals surface area contributed by atoms with Gasteiger partial charge in [0.1, 0.15) is 12.0 Å². The van der Waals surface area contributed by atoms with Crippen LogP contribution in [-0.4, -0.2) is 38.0 Å². The summed E-state index contributed by atoms with van der Waals surface area (Å²) in [6.07, 6.45) is 3.39. The number of methoxy groups -OCH3 is 2. The molecule has 0 radical (unpaired) electrons. The van der Waals surface area contributed by atoms with Crippen LogP contribution in [0.4, 0.5) is 11.4 Å². The first-order chi connectivity index (χ1) is 10.1. The number of hydrogen-bond donors (Lipinski definition) is 0. The van der Waals surface area contributed by atoms with E-state index in [1.54, 1.807) is 11.0 Å². The molecular formula is C14H18N2O5. The molecule has 1 saturated heterocycles. The molecule has 2 rings (SSSR count). The maximum absolute atomic E-state index is 11.3. The van der Waals surface area contributed by atoms with E-state index in [2.05, 4.69) is 0 Å². The second kappa shape index (κ2) is 6.43. The SMILES string of the molecule is COc1cc(N2CCCCC2C=O)c([N+](=O)[O-])cc1OC. The van der Waals surface area contributed by atoms with Crippen molar-refractivity contribution in [1.29, 1.82) is 0 Å². The first-order valence-electron chi connectivity index (χ1n) is 6.74. The number of rotatable bonds is 5. The van der Waals surface area contributed by atoms with Gasteiger partial charge in [-0.05, 0) is 19.3 Å². The van der Waals surface area contributed by atoms with Crippen molar-refractivity contribution in [2.75, 3.05) is 25.7 Å². The van der Waals surface area contributed by atoms with Crippen LogP contribution in [0.5, 0.6) is 11.5 Å². The second-order valence-corrected chi connectivity index (χ2v) is 4.85. The molecule has 0 saturated carbocycles. The number of anilines is 1. The first-order valence-corrected chi connectivity index (χ1v) is 6.74. The molecule has 21 heavy (non-hydrogen) atoms. The summed E-state index contributed by atoms with van der Waals surface area (Å²) < 4.78 is 10.3. The summed E-state index contributed by atoms with van der Waals surface area (Å²) in [5.74, 6) is 0.709. The second-order valence-electron chi connectivity index (χ2n) is 4.85. The van der Waals surface area contributed by atoms with Gasteiger partial charge in [-0.2, -0.15) is 0 Å². The van der Waals surface area contributed by atoms with E-state index in [1.165, 1.54) is 20.3 Å². The van der Waals surface area contributed by atoms with Crippen LogP contribution >= 0.6 is 0 Å². The molecule has 1 heterocycles. The summed E-state index contributed by atoms with van der Waals surface area (Å²) in [5.41, 5.74) is 0.316. The molecule has 7 nitrogen and oxygen atoms in total. The number of carbonyl (C=O) groups is 1. The number of carbonyl (C=O) groups excluding carboxylic acids is 1. The van der Waals surface area contributed by atoms with Crippen LogP contribution in [0.3, 0.4) is 0 Å². The zero-order valence-electron chi connectivity index (χ0n) is 12.1. The van der Waals surface area contributed by atoms with Crippen molar-refractivity contribution >= 4 is 17.7 Å². The predicted molar refractivity (Wildman–Crippen MR) is 77.2 cm³/mol. The van der Waals surface area contributed by atoms with Gasteiger partial charge in [-0.1, -0.05) is 0 Å². The van der Waals surface area contributed by atoms with Crippen LogP contribution in [0.2, 0.25) is 0 Å². The van der Waals surface area contributed by atoms with Crippen molar-refractivity contribution in [3.63, 3.8) is 0 Å². The highest BCUT2D eigenvalue weighted by atomic mass is 16.6. The van der Waals surface area contributed by atoms with Gasteiger partial charge in [-0.25, -0.2) is 0 Å². The Labute approximate surface area is 122 Å². The number of nitro benzene ring substituents is 1. The van der Waals surface area contributed by atoms with Gasteiger partial charge in [-0.3, -0.25) is 10.1 Å². The van der Waals surface area contributed by atoms with Gasteiger partial charge in [0.2, 0.25) is 0 Å². The Kier molecular flexibility index (Phi) is 4.62. The van der Waals surface area contributed by atoms with E-state index in [0.29, 0.717) is 30.2 Å². The summed E-state index contributed by atoms with van der Waals surface area (Å²) in [7, 11) is 2.90.